The van der Waals surface area contributed by atoms with E-state index in [1.54, 1.807) is 54.6 Å². The van der Waals surface area contributed by atoms with E-state index < -0.39 is 27.9 Å². The number of rotatable bonds is 4. The molecule has 178 valence electrons. The summed E-state index contributed by atoms with van der Waals surface area (Å²) in [5, 5.41) is 0.707. The van der Waals surface area contributed by atoms with Crippen molar-refractivity contribution in [1.29, 1.82) is 0 Å². The van der Waals surface area contributed by atoms with Crippen LogP contribution in [0.5, 0.6) is 0 Å². The number of benzene rings is 3. The highest BCUT2D eigenvalue weighted by molar-refractivity contribution is 7.93. The molecule has 0 spiro atoms. The summed E-state index contributed by atoms with van der Waals surface area (Å²) in [6, 6.07) is 19.5. The number of hydrogen-bond donors (Lipinski definition) is 0. The van der Waals surface area contributed by atoms with Crippen molar-refractivity contribution >= 4 is 50.6 Å². The van der Waals surface area contributed by atoms with Crippen LogP contribution >= 0.6 is 34.8 Å². The van der Waals surface area contributed by atoms with E-state index in [0.29, 0.717) is 21.2 Å². The molecule has 5 nitrogen and oxygen atoms in total. The number of pyridine rings is 1. The zero-order valence-corrected chi connectivity index (χ0v) is 20.9. The summed E-state index contributed by atoms with van der Waals surface area (Å²) in [5.74, 6) is -0.516. The number of nitrogens with zero attached hydrogens (tertiary/aromatic N) is 2. The molecule has 1 aliphatic rings. The summed E-state index contributed by atoms with van der Waals surface area (Å²) in [5.41, 5.74) is 0.885. The van der Waals surface area contributed by atoms with Crippen LogP contribution in [0.4, 0.5) is 10.2 Å². The molecule has 1 aliphatic heterocycles. The molecular weight excluding hydrogens is 534 g/mol. The van der Waals surface area contributed by atoms with Gasteiger partial charge in [0.05, 0.1) is 17.1 Å². The number of sulfonamides is 1. The topological polar surface area (TPSA) is 59.4 Å². The van der Waals surface area contributed by atoms with Crippen molar-refractivity contribution in [2.24, 2.45) is 0 Å². The summed E-state index contributed by atoms with van der Waals surface area (Å²) in [6.07, 6.45) is 0. The van der Waals surface area contributed by atoms with E-state index in [4.69, 9.17) is 34.8 Å². The lowest BCUT2D eigenvalue weighted by molar-refractivity contribution is 0.529. The van der Waals surface area contributed by atoms with Crippen molar-refractivity contribution in [2.45, 2.75) is 17.0 Å². The van der Waals surface area contributed by atoms with E-state index in [1.807, 2.05) is 0 Å². The third-order valence-corrected chi connectivity index (χ3v) is 8.65. The fourth-order valence-corrected chi connectivity index (χ4v) is 6.79. The van der Waals surface area contributed by atoms with Gasteiger partial charge in [-0.05, 0) is 59.7 Å². The minimum Gasteiger partial charge on any atom is -0.284 e. The Morgan fingerprint density at radius 1 is 0.743 bits per heavy atom. The molecule has 2 heterocycles. The molecular formula is C25H16Cl3FN2O3S. The van der Waals surface area contributed by atoms with E-state index in [-0.39, 0.29) is 21.3 Å². The fraction of sp³-hybridized carbons (Fsp3) is 0.0800. The molecule has 0 saturated carbocycles. The van der Waals surface area contributed by atoms with Crippen LogP contribution in [0.15, 0.2) is 94.6 Å². The van der Waals surface area contributed by atoms with Crippen LogP contribution in [0.2, 0.25) is 15.1 Å². The Morgan fingerprint density at radius 2 is 1.31 bits per heavy atom. The van der Waals surface area contributed by atoms with Gasteiger partial charge in [-0.25, -0.2) is 17.1 Å². The van der Waals surface area contributed by atoms with Crippen molar-refractivity contribution in [2.75, 3.05) is 4.31 Å². The van der Waals surface area contributed by atoms with Crippen LogP contribution in [0.3, 0.4) is 0 Å². The van der Waals surface area contributed by atoms with Crippen LogP contribution in [0.1, 0.15) is 23.2 Å². The van der Waals surface area contributed by atoms with E-state index in [0.717, 1.165) is 22.5 Å². The molecule has 10 heteroatoms. The second-order valence-electron chi connectivity index (χ2n) is 7.96. The molecule has 0 N–H and O–H groups in total. The molecule has 2 atom stereocenters. The standard InChI is InChI=1S/C25H16Cl3FN2O3S/c26-17-8-4-15(5-9-17)24-25(16-6-10-18(27)11-7-16)31(22-2-1-3-23(32)30(22)24)35(33,34)21-13-12-19(29)14-20(21)28/h1-14,24-25H/t24-,25+/m1/s1. The lowest BCUT2D eigenvalue weighted by Crippen LogP contribution is -2.34. The molecule has 4 aromatic rings. The molecule has 0 aliphatic carbocycles. The van der Waals surface area contributed by atoms with Crippen molar-refractivity contribution < 1.29 is 12.8 Å². The first-order valence-corrected chi connectivity index (χ1v) is 13.0. The second kappa shape index (κ2) is 8.99. The quantitative estimate of drug-likeness (QED) is 0.292. The maximum absolute atomic E-state index is 14.1. The first-order chi connectivity index (χ1) is 16.7. The van der Waals surface area contributed by atoms with E-state index in [1.165, 1.54) is 16.7 Å². The molecule has 0 radical (unpaired) electrons. The molecule has 5 rings (SSSR count). The van der Waals surface area contributed by atoms with Gasteiger partial charge in [-0.3, -0.25) is 9.36 Å². The van der Waals surface area contributed by atoms with Gasteiger partial charge in [0, 0.05) is 16.1 Å². The van der Waals surface area contributed by atoms with Gasteiger partial charge < -0.3 is 0 Å². The van der Waals surface area contributed by atoms with Crippen LogP contribution in [0.25, 0.3) is 0 Å². The Hall–Kier alpha value is -2.84. The van der Waals surface area contributed by atoms with Crippen LogP contribution in [-0.4, -0.2) is 13.0 Å². The number of halogens is 4. The van der Waals surface area contributed by atoms with E-state index in [9.17, 15) is 17.6 Å². The van der Waals surface area contributed by atoms with E-state index in [2.05, 4.69) is 0 Å². The van der Waals surface area contributed by atoms with Gasteiger partial charge >= 0.3 is 0 Å². The SMILES string of the molecule is O=c1cccc2n1[C@H](c1ccc(Cl)cc1)[C@H](c1ccc(Cl)cc1)N2S(=O)(=O)c1ccc(F)cc1Cl. The second-order valence-corrected chi connectivity index (χ2v) is 11.0. The average molecular weight is 550 g/mol. The third-order valence-electron chi connectivity index (χ3n) is 5.88. The Labute approximate surface area is 216 Å². The Kier molecular flexibility index (Phi) is 6.13. The minimum absolute atomic E-state index is 0.151. The van der Waals surface area contributed by atoms with Gasteiger partial charge in [0.1, 0.15) is 16.5 Å². The van der Waals surface area contributed by atoms with Crippen LogP contribution < -0.4 is 9.86 Å². The summed E-state index contributed by atoms with van der Waals surface area (Å²) in [7, 11) is -4.36. The Balaban J connectivity index is 1.82. The Morgan fingerprint density at radius 3 is 1.89 bits per heavy atom. The fourth-order valence-electron chi connectivity index (χ4n) is 4.39. The van der Waals surface area contributed by atoms with Gasteiger partial charge in [0.25, 0.3) is 15.6 Å². The van der Waals surface area contributed by atoms with Crippen LogP contribution in [0, 0.1) is 5.82 Å². The molecule has 35 heavy (non-hydrogen) atoms. The average Bonchev–Trinajstić information content (AvgIpc) is 3.17. The summed E-state index contributed by atoms with van der Waals surface area (Å²) >= 11 is 18.4. The lowest BCUT2D eigenvalue weighted by atomic mass is 9.94. The molecule has 3 aromatic carbocycles. The summed E-state index contributed by atoms with van der Waals surface area (Å²) < 4.78 is 44.5. The highest BCUT2D eigenvalue weighted by Gasteiger charge is 2.47. The normalized spacial score (nSPS) is 17.4. The van der Waals surface area contributed by atoms with Crippen molar-refractivity contribution in [3.8, 4) is 0 Å². The highest BCUT2D eigenvalue weighted by atomic mass is 35.5. The number of hydrogen-bond acceptors (Lipinski definition) is 3. The maximum Gasteiger partial charge on any atom is 0.267 e. The van der Waals surface area contributed by atoms with Gasteiger partial charge in [0.2, 0.25) is 0 Å². The monoisotopic (exact) mass is 548 g/mol. The number of anilines is 1. The zero-order chi connectivity index (χ0) is 24.9. The van der Waals surface area contributed by atoms with Crippen molar-refractivity contribution in [1.82, 2.24) is 4.57 Å². The predicted molar refractivity (Wildman–Crippen MR) is 136 cm³/mol. The van der Waals surface area contributed by atoms with Crippen LogP contribution in [-0.2, 0) is 10.0 Å². The van der Waals surface area contributed by atoms with Crippen molar-refractivity contribution in [3.05, 3.63) is 127 Å². The van der Waals surface area contributed by atoms with Gasteiger partial charge in [0.15, 0.2) is 0 Å². The highest BCUT2D eigenvalue weighted by Crippen LogP contribution is 2.49. The summed E-state index contributed by atoms with van der Waals surface area (Å²) in [6.45, 7) is 0. The Bertz CT molecular complexity index is 1590. The zero-order valence-electron chi connectivity index (χ0n) is 17.8. The molecule has 0 fully saturated rings. The number of aromatic nitrogens is 1. The first kappa shape index (κ1) is 23.9. The molecule has 0 unspecified atom stereocenters. The molecule has 0 bridgehead atoms. The van der Waals surface area contributed by atoms with Gasteiger partial charge in [-0.1, -0.05) is 65.1 Å². The molecule has 0 amide bonds. The van der Waals surface area contributed by atoms with E-state index >= 15 is 0 Å². The smallest absolute Gasteiger partial charge is 0.267 e. The summed E-state index contributed by atoms with van der Waals surface area (Å²) in [4.78, 5) is 12.9. The first-order valence-electron chi connectivity index (χ1n) is 10.4. The number of fused-ring (bicyclic) bond motifs is 1. The molecule has 0 saturated heterocycles. The third kappa shape index (κ3) is 4.12. The minimum atomic E-state index is -4.36. The molecule has 1 aromatic heterocycles. The maximum atomic E-state index is 14.1. The van der Waals surface area contributed by atoms with Gasteiger partial charge in [-0.15, -0.1) is 0 Å². The predicted octanol–water partition coefficient (Wildman–Crippen LogP) is 6.49. The largest absolute Gasteiger partial charge is 0.284 e. The van der Waals surface area contributed by atoms with Crippen molar-refractivity contribution in [3.63, 3.8) is 0 Å². The lowest BCUT2D eigenvalue weighted by Gasteiger charge is -2.29. The van der Waals surface area contributed by atoms with Gasteiger partial charge in [-0.2, -0.15) is 0 Å².